The number of benzene rings is 2. The highest BCUT2D eigenvalue weighted by Crippen LogP contribution is 2.21. The maximum atomic E-state index is 12.1. The van der Waals surface area contributed by atoms with Crippen LogP contribution < -0.4 is 5.32 Å². The highest BCUT2D eigenvalue weighted by molar-refractivity contribution is 7.91. The van der Waals surface area contributed by atoms with Gasteiger partial charge in [0, 0.05) is 10.6 Å². The number of halogens is 1. The molecular formula is C17H14ClN3O4S. The van der Waals surface area contributed by atoms with Gasteiger partial charge in [-0.2, -0.15) is 0 Å². The second-order valence-corrected chi connectivity index (χ2v) is 7.99. The maximum absolute atomic E-state index is 12.1. The van der Waals surface area contributed by atoms with Gasteiger partial charge in [-0.1, -0.05) is 47.0 Å². The van der Waals surface area contributed by atoms with Gasteiger partial charge in [-0.3, -0.25) is 10.1 Å². The smallest absolute Gasteiger partial charge is 0.322 e. The van der Waals surface area contributed by atoms with Gasteiger partial charge in [0.2, 0.25) is 11.8 Å². The summed E-state index contributed by atoms with van der Waals surface area (Å²) in [5.74, 6) is -1.46. The van der Waals surface area contributed by atoms with Crippen LogP contribution in [0.15, 0.2) is 59.0 Å². The lowest BCUT2D eigenvalue weighted by Crippen LogP contribution is -2.24. The molecule has 0 saturated heterocycles. The predicted octanol–water partition coefficient (Wildman–Crippen LogP) is 2.94. The van der Waals surface area contributed by atoms with E-state index < -0.39 is 21.5 Å². The Labute approximate surface area is 154 Å². The summed E-state index contributed by atoms with van der Waals surface area (Å²) in [6, 6.07) is 15.2. The Kier molecular flexibility index (Phi) is 5.34. The summed E-state index contributed by atoms with van der Waals surface area (Å²) in [7, 11) is -3.62. The molecule has 0 spiro atoms. The van der Waals surface area contributed by atoms with E-state index >= 15 is 0 Å². The summed E-state index contributed by atoms with van der Waals surface area (Å²) >= 11 is 5.81. The van der Waals surface area contributed by atoms with Gasteiger partial charge in [0.15, 0.2) is 9.84 Å². The van der Waals surface area contributed by atoms with Crippen molar-refractivity contribution in [2.45, 2.75) is 5.75 Å². The average Bonchev–Trinajstić information content (AvgIpc) is 3.03. The van der Waals surface area contributed by atoms with Crippen molar-refractivity contribution in [3.05, 3.63) is 65.2 Å². The minimum absolute atomic E-state index is 0.171. The summed E-state index contributed by atoms with van der Waals surface area (Å²) in [5.41, 5.74) is 1.24. The number of sulfone groups is 1. The number of nitrogens with zero attached hydrogens (tertiary/aromatic N) is 2. The number of carbonyl (C=O) groups excluding carboxylic acids is 1. The molecule has 1 amide bonds. The Balaban J connectivity index is 1.62. The zero-order valence-corrected chi connectivity index (χ0v) is 15.0. The van der Waals surface area contributed by atoms with Gasteiger partial charge in [-0.25, -0.2) is 8.42 Å². The Morgan fingerprint density at radius 3 is 2.42 bits per heavy atom. The summed E-state index contributed by atoms with van der Waals surface area (Å²) in [4.78, 5) is 12.0. The Morgan fingerprint density at radius 2 is 1.73 bits per heavy atom. The minimum atomic E-state index is -3.62. The normalized spacial score (nSPS) is 11.3. The van der Waals surface area contributed by atoms with Crippen LogP contribution in [0.1, 0.15) is 5.56 Å². The van der Waals surface area contributed by atoms with Crippen LogP contribution in [0.25, 0.3) is 11.5 Å². The zero-order chi connectivity index (χ0) is 18.6. The van der Waals surface area contributed by atoms with Crippen LogP contribution in [0.3, 0.4) is 0 Å². The molecule has 1 N–H and O–H groups in total. The number of carbonyl (C=O) groups is 1. The van der Waals surface area contributed by atoms with Crippen LogP contribution in [0.2, 0.25) is 5.02 Å². The van der Waals surface area contributed by atoms with Crippen molar-refractivity contribution >= 4 is 33.4 Å². The molecule has 0 aliphatic heterocycles. The fourth-order valence-electron chi connectivity index (χ4n) is 2.22. The molecule has 0 aliphatic carbocycles. The molecule has 1 aromatic heterocycles. The number of anilines is 1. The standard InChI is InChI=1S/C17H14ClN3O4S/c18-14-8-6-13(7-9-14)16-20-21-17(25-16)19-15(22)11-26(23,24)10-12-4-2-1-3-5-12/h1-9H,10-11H2,(H,19,21,22). The lowest BCUT2D eigenvalue weighted by atomic mass is 10.2. The van der Waals surface area contributed by atoms with Crippen molar-refractivity contribution < 1.29 is 17.6 Å². The van der Waals surface area contributed by atoms with Crippen molar-refractivity contribution in [1.82, 2.24) is 10.2 Å². The highest BCUT2D eigenvalue weighted by atomic mass is 35.5. The van der Waals surface area contributed by atoms with Crippen molar-refractivity contribution in [2.24, 2.45) is 0 Å². The van der Waals surface area contributed by atoms with E-state index in [1.165, 1.54) is 0 Å². The van der Waals surface area contributed by atoms with Crippen LogP contribution in [0.5, 0.6) is 0 Å². The molecule has 2 aromatic carbocycles. The number of aromatic nitrogens is 2. The van der Waals surface area contributed by atoms with Crippen LogP contribution in [-0.2, 0) is 20.4 Å². The first-order valence-corrected chi connectivity index (χ1v) is 9.75. The fraction of sp³-hybridized carbons (Fsp3) is 0.118. The van der Waals surface area contributed by atoms with Gasteiger partial charge in [-0.05, 0) is 29.8 Å². The Bertz CT molecular complexity index is 1000. The van der Waals surface area contributed by atoms with Crippen LogP contribution in [0, 0.1) is 0 Å². The number of rotatable bonds is 6. The van der Waals surface area contributed by atoms with E-state index in [0.717, 1.165) is 0 Å². The molecule has 0 aliphatic rings. The highest BCUT2D eigenvalue weighted by Gasteiger charge is 2.19. The summed E-state index contributed by atoms with van der Waals surface area (Å²) in [5, 5.41) is 10.4. The van der Waals surface area contributed by atoms with Gasteiger partial charge in [0.05, 0.1) is 5.75 Å². The number of hydrogen-bond acceptors (Lipinski definition) is 6. The molecule has 3 rings (SSSR count). The molecule has 0 bridgehead atoms. The third-order valence-corrected chi connectivity index (χ3v) is 5.07. The second kappa shape index (κ2) is 7.67. The summed E-state index contributed by atoms with van der Waals surface area (Å²) < 4.78 is 29.6. The van der Waals surface area contributed by atoms with Gasteiger partial charge < -0.3 is 4.42 Å². The van der Waals surface area contributed by atoms with Crippen molar-refractivity contribution in [2.75, 3.05) is 11.1 Å². The summed E-state index contributed by atoms with van der Waals surface area (Å²) in [6.07, 6.45) is 0. The first-order chi connectivity index (χ1) is 12.4. The minimum Gasteiger partial charge on any atom is -0.403 e. The average molecular weight is 392 g/mol. The van der Waals surface area contributed by atoms with E-state index in [1.54, 1.807) is 54.6 Å². The van der Waals surface area contributed by atoms with E-state index in [9.17, 15) is 13.2 Å². The molecule has 0 fully saturated rings. The van der Waals surface area contributed by atoms with Gasteiger partial charge in [0.25, 0.3) is 0 Å². The monoisotopic (exact) mass is 391 g/mol. The van der Waals surface area contributed by atoms with Gasteiger partial charge >= 0.3 is 6.01 Å². The van der Waals surface area contributed by atoms with Crippen molar-refractivity contribution in [3.63, 3.8) is 0 Å². The number of hydrogen-bond donors (Lipinski definition) is 1. The molecule has 9 heteroatoms. The van der Waals surface area contributed by atoms with E-state index in [1.807, 2.05) is 0 Å². The molecular weight excluding hydrogens is 378 g/mol. The lowest BCUT2D eigenvalue weighted by Gasteiger charge is -2.04. The van der Waals surface area contributed by atoms with Crippen molar-refractivity contribution in [3.8, 4) is 11.5 Å². The van der Waals surface area contributed by atoms with E-state index in [4.69, 9.17) is 16.0 Å². The van der Waals surface area contributed by atoms with Gasteiger partial charge in [-0.15, -0.1) is 5.10 Å². The predicted molar refractivity (Wildman–Crippen MR) is 97.3 cm³/mol. The largest absolute Gasteiger partial charge is 0.403 e. The fourth-order valence-corrected chi connectivity index (χ4v) is 3.62. The topological polar surface area (TPSA) is 102 Å². The summed E-state index contributed by atoms with van der Waals surface area (Å²) in [6.45, 7) is 0. The molecule has 1 heterocycles. The van der Waals surface area contributed by atoms with E-state index in [-0.39, 0.29) is 17.7 Å². The molecule has 0 atom stereocenters. The molecule has 3 aromatic rings. The Morgan fingerprint density at radius 1 is 1.04 bits per heavy atom. The molecule has 0 saturated carbocycles. The molecule has 26 heavy (non-hydrogen) atoms. The lowest BCUT2D eigenvalue weighted by molar-refractivity contribution is -0.114. The molecule has 134 valence electrons. The van der Waals surface area contributed by atoms with E-state index in [2.05, 4.69) is 15.5 Å². The molecule has 0 radical (unpaired) electrons. The number of amides is 1. The molecule has 0 unspecified atom stereocenters. The van der Waals surface area contributed by atoms with E-state index in [0.29, 0.717) is 16.1 Å². The molecule has 7 nitrogen and oxygen atoms in total. The third kappa shape index (κ3) is 4.90. The van der Waals surface area contributed by atoms with Crippen LogP contribution >= 0.6 is 11.6 Å². The SMILES string of the molecule is O=C(CS(=O)(=O)Cc1ccccc1)Nc1nnc(-c2ccc(Cl)cc2)o1. The zero-order valence-electron chi connectivity index (χ0n) is 13.4. The van der Waals surface area contributed by atoms with Crippen molar-refractivity contribution in [1.29, 1.82) is 0 Å². The Hall–Kier alpha value is -2.71. The number of nitrogens with one attached hydrogen (secondary N) is 1. The first kappa shape index (κ1) is 18.1. The second-order valence-electron chi connectivity index (χ2n) is 5.49. The quantitative estimate of drug-likeness (QED) is 0.693. The first-order valence-electron chi connectivity index (χ1n) is 7.55. The van der Waals surface area contributed by atoms with Crippen LogP contribution in [0.4, 0.5) is 6.01 Å². The third-order valence-electron chi connectivity index (χ3n) is 3.34. The maximum Gasteiger partial charge on any atom is 0.322 e. The van der Waals surface area contributed by atoms with Gasteiger partial charge in [0.1, 0.15) is 5.75 Å². The van der Waals surface area contributed by atoms with Crippen LogP contribution in [-0.4, -0.2) is 30.3 Å².